The molecule has 1 fully saturated rings. The number of rotatable bonds is 7. The fourth-order valence-corrected chi connectivity index (χ4v) is 3.70. The molecule has 0 N–H and O–H groups in total. The van der Waals surface area contributed by atoms with Gasteiger partial charge in [-0.25, -0.2) is 4.98 Å². The van der Waals surface area contributed by atoms with E-state index in [0.29, 0.717) is 29.4 Å². The first-order valence-corrected chi connectivity index (χ1v) is 9.24. The lowest BCUT2D eigenvalue weighted by molar-refractivity contribution is 0.0925. The molecule has 1 aliphatic heterocycles. The standard InChI is InChI=1S/C18H23N3O4S.2ClH/c1-23-15-10-13(11-16(24-2)17(15)25-3)14(22)12-20-5-7-21(8-6-20)18-19-4-9-26-18;;/h4,9-11H,5-8,12H2,1-3H3;2*1H. The van der Waals surface area contributed by atoms with Gasteiger partial charge in [0.15, 0.2) is 22.4 Å². The van der Waals surface area contributed by atoms with Crippen LogP contribution in [0.15, 0.2) is 23.7 Å². The van der Waals surface area contributed by atoms with Crippen LogP contribution in [0.25, 0.3) is 0 Å². The third-order valence-electron chi connectivity index (χ3n) is 4.42. The molecular weight excluding hydrogens is 425 g/mol. The number of Topliss-reactive ketones (excluding diaryl/α,β-unsaturated/α-hetero) is 1. The molecule has 3 rings (SSSR count). The number of carbonyl (C=O) groups is 1. The van der Waals surface area contributed by atoms with Crippen LogP contribution in [0.2, 0.25) is 0 Å². The van der Waals surface area contributed by atoms with E-state index in [4.69, 9.17) is 14.2 Å². The van der Waals surface area contributed by atoms with Crippen molar-refractivity contribution in [2.75, 3.05) is 59.0 Å². The maximum Gasteiger partial charge on any atom is 0.203 e. The van der Waals surface area contributed by atoms with Crippen LogP contribution in [-0.4, -0.2) is 69.7 Å². The van der Waals surface area contributed by atoms with Crippen LogP contribution >= 0.6 is 36.2 Å². The smallest absolute Gasteiger partial charge is 0.203 e. The van der Waals surface area contributed by atoms with Gasteiger partial charge in [-0.3, -0.25) is 9.69 Å². The second-order valence-electron chi connectivity index (χ2n) is 5.92. The Kier molecular flexibility index (Phi) is 9.81. The molecule has 0 saturated carbocycles. The maximum absolute atomic E-state index is 12.7. The minimum atomic E-state index is 0. The van der Waals surface area contributed by atoms with Crippen molar-refractivity contribution in [3.05, 3.63) is 29.3 Å². The number of carbonyl (C=O) groups excluding carboxylic acids is 1. The van der Waals surface area contributed by atoms with Gasteiger partial charge in [0.25, 0.3) is 0 Å². The summed E-state index contributed by atoms with van der Waals surface area (Å²) in [7, 11) is 4.64. The van der Waals surface area contributed by atoms with Gasteiger partial charge in [-0.05, 0) is 12.1 Å². The van der Waals surface area contributed by atoms with Gasteiger partial charge in [0.2, 0.25) is 5.75 Å². The molecule has 0 radical (unpaired) electrons. The van der Waals surface area contributed by atoms with Crippen molar-refractivity contribution in [1.82, 2.24) is 9.88 Å². The van der Waals surface area contributed by atoms with E-state index in [-0.39, 0.29) is 30.6 Å². The number of nitrogens with zero attached hydrogens (tertiary/aromatic N) is 3. The number of benzene rings is 1. The number of hydrogen-bond acceptors (Lipinski definition) is 8. The molecule has 7 nitrogen and oxygen atoms in total. The minimum absolute atomic E-state index is 0. The van der Waals surface area contributed by atoms with Crippen LogP contribution in [0.1, 0.15) is 10.4 Å². The summed E-state index contributed by atoms with van der Waals surface area (Å²) in [5.74, 6) is 1.50. The molecule has 0 atom stereocenters. The van der Waals surface area contributed by atoms with Gasteiger partial charge in [-0.1, -0.05) is 0 Å². The summed E-state index contributed by atoms with van der Waals surface area (Å²) < 4.78 is 16.0. The van der Waals surface area contributed by atoms with Gasteiger partial charge in [-0.15, -0.1) is 36.2 Å². The summed E-state index contributed by atoms with van der Waals surface area (Å²) in [6, 6.07) is 3.41. The van der Waals surface area contributed by atoms with Gasteiger partial charge < -0.3 is 19.1 Å². The zero-order valence-corrected chi connectivity index (χ0v) is 18.5. The Morgan fingerprint density at radius 2 is 1.64 bits per heavy atom. The average molecular weight is 450 g/mol. The molecule has 1 aromatic heterocycles. The number of thiazole rings is 1. The first-order valence-electron chi connectivity index (χ1n) is 8.36. The quantitative estimate of drug-likeness (QED) is 0.601. The molecule has 0 unspecified atom stereocenters. The number of ether oxygens (including phenoxy) is 3. The highest BCUT2D eigenvalue weighted by Gasteiger charge is 2.22. The molecule has 2 heterocycles. The van der Waals surface area contributed by atoms with Crippen LogP contribution in [0, 0.1) is 0 Å². The normalized spacial score (nSPS) is 13.9. The summed E-state index contributed by atoms with van der Waals surface area (Å²) in [5.41, 5.74) is 0.557. The van der Waals surface area contributed by atoms with Crippen LogP contribution in [0.5, 0.6) is 17.2 Å². The van der Waals surface area contributed by atoms with E-state index in [1.807, 2.05) is 11.6 Å². The topological polar surface area (TPSA) is 64.1 Å². The number of hydrogen-bond donors (Lipinski definition) is 0. The number of anilines is 1. The van der Waals surface area contributed by atoms with E-state index >= 15 is 0 Å². The zero-order chi connectivity index (χ0) is 18.5. The molecule has 156 valence electrons. The van der Waals surface area contributed by atoms with E-state index in [0.717, 1.165) is 31.3 Å². The molecule has 10 heteroatoms. The summed E-state index contributed by atoms with van der Waals surface area (Å²) in [6.07, 6.45) is 1.82. The van der Waals surface area contributed by atoms with E-state index in [9.17, 15) is 4.79 Å². The van der Waals surface area contributed by atoms with Gasteiger partial charge in [0.1, 0.15) is 0 Å². The number of halogens is 2. The number of aromatic nitrogens is 1. The second-order valence-corrected chi connectivity index (χ2v) is 6.79. The van der Waals surface area contributed by atoms with Crippen LogP contribution < -0.4 is 19.1 Å². The van der Waals surface area contributed by atoms with Crippen molar-refractivity contribution >= 4 is 47.1 Å². The molecule has 1 aromatic carbocycles. The predicted molar refractivity (Wildman–Crippen MR) is 116 cm³/mol. The van der Waals surface area contributed by atoms with E-state index in [2.05, 4.69) is 14.8 Å². The average Bonchev–Trinajstić information content (AvgIpc) is 3.22. The van der Waals surface area contributed by atoms with Gasteiger partial charge in [0, 0.05) is 43.3 Å². The Labute approximate surface area is 181 Å². The van der Waals surface area contributed by atoms with E-state index < -0.39 is 0 Å². The molecule has 0 amide bonds. The van der Waals surface area contributed by atoms with Gasteiger partial charge in [0.05, 0.1) is 27.9 Å². The molecule has 2 aromatic rings. The fraction of sp³-hybridized carbons (Fsp3) is 0.444. The lowest BCUT2D eigenvalue weighted by atomic mass is 10.1. The first kappa shape index (κ1) is 24.3. The van der Waals surface area contributed by atoms with Crippen molar-refractivity contribution in [2.45, 2.75) is 0 Å². The Bertz CT molecular complexity index is 728. The second kappa shape index (κ2) is 11.3. The lowest BCUT2D eigenvalue weighted by Gasteiger charge is -2.34. The zero-order valence-electron chi connectivity index (χ0n) is 16.0. The lowest BCUT2D eigenvalue weighted by Crippen LogP contribution is -2.48. The fourth-order valence-electron chi connectivity index (χ4n) is 3.01. The number of ketones is 1. The van der Waals surface area contributed by atoms with Crippen molar-refractivity contribution in [2.24, 2.45) is 0 Å². The minimum Gasteiger partial charge on any atom is -0.493 e. The summed E-state index contributed by atoms with van der Waals surface area (Å²) in [4.78, 5) is 21.5. The monoisotopic (exact) mass is 449 g/mol. The SMILES string of the molecule is COc1cc(C(=O)CN2CCN(c3nccs3)CC2)cc(OC)c1OC.Cl.Cl. The Morgan fingerprint density at radius 3 is 2.11 bits per heavy atom. The summed E-state index contributed by atoms with van der Waals surface area (Å²) >= 11 is 1.64. The van der Waals surface area contributed by atoms with Crippen LogP contribution in [0.4, 0.5) is 5.13 Å². The van der Waals surface area contributed by atoms with Crippen molar-refractivity contribution in [1.29, 1.82) is 0 Å². The molecule has 0 aliphatic carbocycles. The third kappa shape index (κ3) is 5.41. The summed E-state index contributed by atoms with van der Waals surface area (Å²) in [6.45, 7) is 3.77. The summed E-state index contributed by atoms with van der Waals surface area (Å²) in [5, 5.41) is 3.02. The molecule has 1 saturated heterocycles. The largest absolute Gasteiger partial charge is 0.493 e. The Morgan fingerprint density at radius 1 is 1.04 bits per heavy atom. The van der Waals surface area contributed by atoms with Crippen molar-refractivity contribution < 1.29 is 19.0 Å². The van der Waals surface area contributed by atoms with Crippen molar-refractivity contribution in [3.8, 4) is 17.2 Å². The highest BCUT2D eigenvalue weighted by atomic mass is 35.5. The van der Waals surface area contributed by atoms with E-state index in [1.54, 1.807) is 44.8 Å². The Hall–Kier alpha value is -1.74. The van der Waals surface area contributed by atoms with Crippen LogP contribution in [-0.2, 0) is 0 Å². The molecule has 1 aliphatic rings. The highest BCUT2D eigenvalue weighted by molar-refractivity contribution is 7.13. The molecule has 0 spiro atoms. The molecular formula is C18H25Cl2N3O4S. The predicted octanol–water partition coefficient (Wildman–Crippen LogP) is 3.02. The van der Waals surface area contributed by atoms with Gasteiger partial charge >= 0.3 is 0 Å². The molecule has 0 bridgehead atoms. The van der Waals surface area contributed by atoms with E-state index in [1.165, 1.54) is 0 Å². The Balaban J connectivity index is 0.00000196. The van der Waals surface area contributed by atoms with Crippen molar-refractivity contribution in [3.63, 3.8) is 0 Å². The third-order valence-corrected chi connectivity index (χ3v) is 5.25. The highest BCUT2D eigenvalue weighted by Crippen LogP contribution is 2.38. The number of methoxy groups -OCH3 is 3. The number of piperazine rings is 1. The van der Waals surface area contributed by atoms with Gasteiger partial charge in [-0.2, -0.15) is 0 Å². The maximum atomic E-state index is 12.7. The first-order chi connectivity index (χ1) is 12.7. The molecule has 28 heavy (non-hydrogen) atoms. The van der Waals surface area contributed by atoms with Crippen LogP contribution in [0.3, 0.4) is 0 Å².